The van der Waals surface area contributed by atoms with E-state index in [1.807, 2.05) is 0 Å². The van der Waals surface area contributed by atoms with Crippen molar-refractivity contribution in [2.75, 3.05) is 13.1 Å². The first-order chi connectivity index (χ1) is 9.97. The predicted octanol–water partition coefficient (Wildman–Crippen LogP) is 2.28. The zero-order valence-corrected chi connectivity index (χ0v) is 11.6. The molecule has 0 bridgehead atoms. The summed E-state index contributed by atoms with van der Waals surface area (Å²) in [5.74, 6) is -0.202. The van der Waals surface area contributed by atoms with Crippen LogP contribution in [0.5, 0.6) is 5.75 Å². The van der Waals surface area contributed by atoms with E-state index in [1.165, 1.54) is 17.0 Å². The smallest absolute Gasteiger partial charge is 0.387 e. The van der Waals surface area contributed by atoms with Crippen molar-refractivity contribution in [1.82, 2.24) is 4.90 Å². The summed E-state index contributed by atoms with van der Waals surface area (Å²) in [6, 6.07) is 6.33. The molecule has 1 aromatic carbocycles. The lowest BCUT2D eigenvalue weighted by Crippen LogP contribution is -2.28. The van der Waals surface area contributed by atoms with Gasteiger partial charge < -0.3 is 14.7 Å². The van der Waals surface area contributed by atoms with Crippen molar-refractivity contribution >= 4 is 11.5 Å². The summed E-state index contributed by atoms with van der Waals surface area (Å²) in [5, 5.41) is 9.42. The first kappa shape index (κ1) is 15.4. The van der Waals surface area contributed by atoms with Crippen LogP contribution in [0.3, 0.4) is 0 Å². The maximum Gasteiger partial charge on any atom is 0.387 e. The summed E-state index contributed by atoms with van der Waals surface area (Å²) in [4.78, 5) is 13.6. The van der Waals surface area contributed by atoms with E-state index >= 15 is 0 Å². The van der Waals surface area contributed by atoms with Crippen LogP contribution in [0.4, 0.5) is 8.78 Å². The number of benzene rings is 1. The van der Waals surface area contributed by atoms with Gasteiger partial charge in [0.25, 0.3) is 0 Å². The number of carbonyl (C=O) groups is 1. The third kappa shape index (κ3) is 4.01. The van der Waals surface area contributed by atoms with Crippen molar-refractivity contribution in [3.8, 4) is 5.75 Å². The van der Waals surface area contributed by atoms with Crippen LogP contribution in [-0.2, 0) is 4.79 Å². The first-order valence-electron chi connectivity index (χ1n) is 6.67. The van der Waals surface area contributed by atoms with E-state index in [-0.39, 0.29) is 11.7 Å². The zero-order valence-electron chi connectivity index (χ0n) is 11.6. The highest BCUT2D eigenvalue weighted by atomic mass is 19.3. The molecule has 1 aromatic rings. The number of para-hydroxylation sites is 1. The SMILES string of the molecule is CC(=CC(=O)N1CC[C@H](O)C1)c1ccccc1OC(F)F. The normalized spacial score (nSPS) is 19.2. The Hall–Kier alpha value is -1.95. The highest BCUT2D eigenvalue weighted by Gasteiger charge is 2.23. The molecule has 1 amide bonds. The molecule has 0 saturated carbocycles. The van der Waals surface area contributed by atoms with Crippen LogP contribution in [0, 0.1) is 0 Å². The fourth-order valence-corrected chi connectivity index (χ4v) is 2.29. The second kappa shape index (κ2) is 6.67. The van der Waals surface area contributed by atoms with Crippen molar-refractivity contribution in [2.45, 2.75) is 26.1 Å². The van der Waals surface area contributed by atoms with Gasteiger partial charge in [-0.3, -0.25) is 4.79 Å². The van der Waals surface area contributed by atoms with Gasteiger partial charge in [0.2, 0.25) is 5.91 Å². The number of carbonyl (C=O) groups excluding carboxylic acids is 1. The van der Waals surface area contributed by atoms with E-state index < -0.39 is 12.7 Å². The van der Waals surface area contributed by atoms with Crippen molar-refractivity contribution < 1.29 is 23.4 Å². The van der Waals surface area contributed by atoms with Crippen LogP contribution in [-0.4, -0.2) is 41.7 Å². The minimum Gasteiger partial charge on any atom is -0.434 e. The number of hydrogen-bond donors (Lipinski definition) is 1. The van der Waals surface area contributed by atoms with Crippen molar-refractivity contribution in [3.05, 3.63) is 35.9 Å². The van der Waals surface area contributed by atoms with Crippen molar-refractivity contribution in [2.24, 2.45) is 0 Å². The number of β-amino-alcohol motifs (C(OH)–C–C–N with tert-alkyl or cyclic N) is 1. The Balaban J connectivity index is 2.17. The van der Waals surface area contributed by atoms with Crippen LogP contribution in [0.2, 0.25) is 0 Å². The monoisotopic (exact) mass is 297 g/mol. The molecular weight excluding hydrogens is 280 g/mol. The molecule has 2 rings (SSSR count). The molecule has 0 aromatic heterocycles. The largest absolute Gasteiger partial charge is 0.434 e. The lowest BCUT2D eigenvalue weighted by Gasteiger charge is -2.15. The molecule has 6 heteroatoms. The summed E-state index contributed by atoms with van der Waals surface area (Å²) in [6.07, 6.45) is 1.45. The molecule has 0 unspecified atom stereocenters. The molecule has 1 N–H and O–H groups in total. The lowest BCUT2D eigenvalue weighted by molar-refractivity contribution is -0.125. The fourth-order valence-electron chi connectivity index (χ4n) is 2.29. The standard InChI is InChI=1S/C15H17F2NO3/c1-10(8-14(20)18-7-6-11(19)9-18)12-4-2-3-5-13(12)21-15(16)17/h2-5,8,11,15,19H,6-7,9H2,1H3/t11-/m0/s1. The van der Waals surface area contributed by atoms with Crippen LogP contribution >= 0.6 is 0 Å². The Morgan fingerprint density at radius 1 is 1.48 bits per heavy atom. The van der Waals surface area contributed by atoms with E-state index in [1.54, 1.807) is 25.1 Å². The van der Waals surface area contributed by atoms with Gasteiger partial charge in [0.15, 0.2) is 0 Å². The van der Waals surface area contributed by atoms with Crippen molar-refractivity contribution in [1.29, 1.82) is 0 Å². The highest BCUT2D eigenvalue weighted by Crippen LogP contribution is 2.27. The molecule has 1 fully saturated rings. The Bertz CT molecular complexity index is 545. The van der Waals surface area contributed by atoms with Gasteiger partial charge in [-0.2, -0.15) is 8.78 Å². The number of hydrogen-bond acceptors (Lipinski definition) is 3. The van der Waals surface area contributed by atoms with E-state index in [4.69, 9.17) is 0 Å². The molecular formula is C15H17F2NO3. The molecule has 0 radical (unpaired) electrons. The number of allylic oxidation sites excluding steroid dienone is 1. The Labute approximate surface area is 121 Å². The van der Waals surface area contributed by atoms with Gasteiger partial charge >= 0.3 is 6.61 Å². The summed E-state index contributed by atoms with van der Waals surface area (Å²) >= 11 is 0. The highest BCUT2D eigenvalue weighted by molar-refractivity contribution is 5.95. The van der Waals surface area contributed by atoms with Gasteiger partial charge in [0, 0.05) is 24.7 Å². The van der Waals surface area contributed by atoms with Gasteiger partial charge in [-0.1, -0.05) is 18.2 Å². The van der Waals surface area contributed by atoms with Gasteiger partial charge in [-0.25, -0.2) is 0 Å². The van der Waals surface area contributed by atoms with Gasteiger partial charge in [0.05, 0.1) is 6.10 Å². The minimum atomic E-state index is -2.91. The molecule has 21 heavy (non-hydrogen) atoms. The molecule has 4 nitrogen and oxygen atoms in total. The number of ether oxygens (including phenoxy) is 1. The van der Waals surface area contributed by atoms with Crippen LogP contribution in [0.1, 0.15) is 18.9 Å². The average Bonchev–Trinajstić information content (AvgIpc) is 2.85. The number of aliphatic hydroxyl groups excluding tert-OH is 1. The molecule has 0 aliphatic carbocycles. The number of alkyl halides is 2. The van der Waals surface area contributed by atoms with Crippen LogP contribution in [0.25, 0.3) is 5.57 Å². The van der Waals surface area contributed by atoms with E-state index in [2.05, 4.69) is 4.74 Å². The maximum absolute atomic E-state index is 12.4. The third-order valence-electron chi connectivity index (χ3n) is 3.34. The second-order valence-corrected chi connectivity index (χ2v) is 4.93. The van der Waals surface area contributed by atoms with E-state index in [0.29, 0.717) is 30.6 Å². The van der Waals surface area contributed by atoms with E-state index in [9.17, 15) is 18.7 Å². The third-order valence-corrected chi connectivity index (χ3v) is 3.34. The number of aliphatic hydroxyl groups is 1. The van der Waals surface area contributed by atoms with E-state index in [0.717, 1.165) is 0 Å². The topological polar surface area (TPSA) is 49.8 Å². The quantitative estimate of drug-likeness (QED) is 0.868. The number of likely N-dealkylation sites (tertiary alicyclic amines) is 1. The molecule has 1 aliphatic heterocycles. The summed E-state index contributed by atoms with van der Waals surface area (Å²) in [6.45, 7) is -0.446. The Kier molecular flexibility index (Phi) is 4.90. The summed E-state index contributed by atoms with van der Waals surface area (Å²) < 4.78 is 29.2. The molecule has 0 spiro atoms. The second-order valence-electron chi connectivity index (χ2n) is 4.93. The molecule has 114 valence electrons. The van der Waals surface area contributed by atoms with Crippen LogP contribution in [0.15, 0.2) is 30.3 Å². The predicted molar refractivity (Wildman–Crippen MR) is 73.9 cm³/mol. The molecule has 1 aliphatic rings. The van der Waals surface area contributed by atoms with Crippen LogP contribution < -0.4 is 4.74 Å². The van der Waals surface area contributed by atoms with Gasteiger partial charge in [0.1, 0.15) is 5.75 Å². The Morgan fingerprint density at radius 3 is 2.81 bits per heavy atom. The number of amides is 1. The average molecular weight is 297 g/mol. The molecule has 1 saturated heterocycles. The summed E-state index contributed by atoms with van der Waals surface area (Å²) in [5.41, 5.74) is 0.989. The zero-order chi connectivity index (χ0) is 15.4. The minimum absolute atomic E-state index is 0.0375. The maximum atomic E-state index is 12.4. The van der Waals surface area contributed by atoms with Gasteiger partial charge in [-0.05, 0) is 25.0 Å². The molecule has 1 atom stereocenters. The number of halogens is 2. The lowest BCUT2D eigenvalue weighted by atomic mass is 10.1. The number of rotatable bonds is 4. The van der Waals surface area contributed by atoms with Crippen molar-refractivity contribution in [3.63, 3.8) is 0 Å². The number of nitrogens with zero attached hydrogens (tertiary/aromatic N) is 1. The summed E-state index contributed by atoms with van der Waals surface area (Å²) in [7, 11) is 0. The fraction of sp³-hybridized carbons (Fsp3) is 0.400. The first-order valence-corrected chi connectivity index (χ1v) is 6.67. The van der Waals surface area contributed by atoms with Gasteiger partial charge in [-0.15, -0.1) is 0 Å². The molecule has 1 heterocycles. The Morgan fingerprint density at radius 2 is 2.19 bits per heavy atom.